The van der Waals surface area contributed by atoms with Crippen LogP contribution >= 0.6 is 0 Å². The molecule has 0 aromatic heterocycles. The molecule has 0 atom stereocenters. The number of hydrogen-bond donors (Lipinski definition) is 0. The first kappa shape index (κ1) is 14.3. The van der Waals surface area contributed by atoms with Gasteiger partial charge >= 0.3 is 0 Å². The lowest BCUT2D eigenvalue weighted by atomic mass is 9.97. The first-order valence-corrected chi connectivity index (χ1v) is 7.98. The third kappa shape index (κ3) is 4.89. The summed E-state index contributed by atoms with van der Waals surface area (Å²) in [5, 5.41) is 0. The second kappa shape index (κ2) is 8.16. The zero-order chi connectivity index (χ0) is 12.6. The summed E-state index contributed by atoms with van der Waals surface area (Å²) in [6.07, 6.45) is 15.7. The molecule has 2 heteroatoms. The molecule has 105 valence electrons. The smallest absolute Gasteiger partial charge is 0.158 e. The van der Waals surface area contributed by atoms with Gasteiger partial charge in [-0.2, -0.15) is 0 Å². The summed E-state index contributed by atoms with van der Waals surface area (Å²) in [6.45, 7) is 3.95. The van der Waals surface area contributed by atoms with Gasteiger partial charge in [-0.1, -0.05) is 45.4 Å². The first-order valence-electron chi connectivity index (χ1n) is 7.98. The van der Waals surface area contributed by atoms with Gasteiger partial charge in [-0.05, 0) is 38.5 Å². The van der Waals surface area contributed by atoms with Crippen LogP contribution in [0.15, 0.2) is 0 Å². The van der Waals surface area contributed by atoms with E-state index in [4.69, 9.17) is 9.47 Å². The van der Waals surface area contributed by atoms with Crippen molar-refractivity contribution in [3.8, 4) is 0 Å². The molecule has 0 N–H and O–H groups in total. The van der Waals surface area contributed by atoms with E-state index >= 15 is 0 Å². The van der Waals surface area contributed by atoms with Crippen LogP contribution in [0, 0.1) is 6.92 Å². The maximum Gasteiger partial charge on any atom is 0.158 e. The second-order valence-electron chi connectivity index (χ2n) is 5.86. The van der Waals surface area contributed by atoms with Gasteiger partial charge in [-0.25, -0.2) is 0 Å². The molecule has 0 aromatic rings. The van der Waals surface area contributed by atoms with Crippen LogP contribution in [0.25, 0.3) is 0 Å². The van der Waals surface area contributed by atoms with Crippen molar-refractivity contribution >= 4 is 0 Å². The van der Waals surface area contributed by atoms with Crippen LogP contribution in [-0.2, 0) is 9.47 Å². The molecule has 2 aliphatic carbocycles. The van der Waals surface area contributed by atoms with Crippen LogP contribution in [0.2, 0.25) is 0 Å². The van der Waals surface area contributed by atoms with E-state index in [1.807, 2.05) is 0 Å². The molecule has 18 heavy (non-hydrogen) atoms. The molecule has 0 bridgehead atoms. The third-order valence-electron chi connectivity index (χ3n) is 4.23. The van der Waals surface area contributed by atoms with Crippen molar-refractivity contribution < 1.29 is 9.47 Å². The Hall–Kier alpha value is -0.0800. The minimum absolute atomic E-state index is 0.00806. The number of rotatable bonds is 6. The van der Waals surface area contributed by atoms with Gasteiger partial charge in [0.05, 0.1) is 12.2 Å². The van der Waals surface area contributed by atoms with Crippen molar-refractivity contribution in [2.75, 3.05) is 0 Å². The quantitative estimate of drug-likeness (QED) is 0.643. The minimum atomic E-state index is 0.00806. The van der Waals surface area contributed by atoms with Crippen LogP contribution < -0.4 is 0 Å². The van der Waals surface area contributed by atoms with E-state index in [1.165, 1.54) is 64.2 Å². The highest BCUT2D eigenvalue weighted by Crippen LogP contribution is 2.26. The van der Waals surface area contributed by atoms with E-state index < -0.39 is 0 Å². The largest absolute Gasteiger partial charge is 0.349 e. The van der Waals surface area contributed by atoms with E-state index in [9.17, 15) is 0 Å². The molecule has 0 unspecified atom stereocenters. The molecule has 0 aliphatic heterocycles. The van der Waals surface area contributed by atoms with Crippen molar-refractivity contribution in [2.45, 2.75) is 95.5 Å². The lowest BCUT2D eigenvalue weighted by Crippen LogP contribution is -2.31. The lowest BCUT2D eigenvalue weighted by Gasteiger charge is -2.31. The summed E-state index contributed by atoms with van der Waals surface area (Å²) < 4.78 is 12.3. The van der Waals surface area contributed by atoms with Crippen molar-refractivity contribution in [3.05, 3.63) is 6.92 Å². The van der Waals surface area contributed by atoms with Gasteiger partial charge in [0, 0.05) is 0 Å². The number of ether oxygens (including phenoxy) is 2. The topological polar surface area (TPSA) is 18.5 Å². The molecule has 0 heterocycles. The molecular weight excluding hydrogens is 224 g/mol. The average Bonchev–Trinajstić information content (AvgIpc) is 2.41. The van der Waals surface area contributed by atoms with E-state index in [0.717, 1.165) is 12.8 Å². The van der Waals surface area contributed by atoms with E-state index in [-0.39, 0.29) is 6.29 Å². The van der Waals surface area contributed by atoms with Gasteiger partial charge in [0.1, 0.15) is 0 Å². The monoisotopic (exact) mass is 253 g/mol. The highest BCUT2D eigenvalue weighted by molar-refractivity contribution is 4.69. The standard InChI is InChI=1S/C16H29O2/c1-2-9-16(17-14-10-5-3-6-11-14)18-15-12-7-4-8-13-15/h14-16H,1-13H2. The van der Waals surface area contributed by atoms with Gasteiger partial charge in [0.2, 0.25) is 0 Å². The Balaban J connectivity index is 1.74. The molecule has 2 aliphatic rings. The van der Waals surface area contributed by atoms with Crippen LogP contribution in [0.5, 0.6) is 0 Å². The summed E-state index contributed by atoms with van der Waals surface area (Å²) in [4.78, 5) is 0. The zero-order valence-electron chi connectivity index (χ0n) is 11.7. The molecule has 2 fully saturated rings. The zero-order valence-corrected chi connectivity index (χ0v) is 11.7. The maximum atomic E-state index is 6.17. The maximum absolute atomic E-state index is 6.17. The lowest BCUT2D eigenvalue weighted by molar-refractivity contribution is -0.206. The van der Waals surface area contributed by atoms with Gasteiger partial charge in [0.25, 0.3) is 0 Å². The van der Waals surface area contributed by atoms with Crippen molar-refractivity contribution in [1.82, 2.24) is 0 Å². The summed E-state index contributed by atoms with van der Waals surface area (Å²) in [5.74, 6) is 0. The summed E-state index contributed by atoms with van der Waals surface area (Å²) in [6, 6.07) is 0. The molecule has 1 radical (unpaired) electrons. The molecule has 0 spiro atoms. The Morgan fingerprint density at radius 2 is 1.22 bits per heavy atom. The van der Waals surface area contributed by atoms with E-state index in [2.05, 4.69) is 6.92 Å². The molecule has 0 aromatic carbocycles. The molecule has 2 rings (SSSR count). The van der Waals surface area contributed by atoms with Crippen LogP contribution in [0.1, 0.15) is 77.0 Å². The highest BCUT2D eigenvalue weighted by atomic mass is 16.7. The Kier molecular flexibility index (Phi) is 6.50. The van der Waals surface area contributed by atoms with Gasteiger partial charge < -0.3 is 9.47 Å². The fourth-order valence-corrected chi connectivity index (χ4v) is 3.17. The van der Waals surface area contributed by atoms with Gasteiger partial charge in [-0.3, -0.25) is 0 Å². The number of hydrogen-bond acceptors (Lipinski definition) is 2. The molecule has 0 amide bonds. The summed E-state index contributed by atoms with van der Waals surface area (Å²) in [7, 11) is 0. The fraction of sp³-hybridized carbons (Fsp3) is 0.938. The normalized spacial score (nSPS) is 23.7. The Morgan fingerprint density at radius 1 is 0.778 bits per heavy atom. The predicted octanol–water partition coefficient (Wildman–Crippen LogP) is 4.63. The second-order valence-corrected chi connectivity index (χ2v) is 5.86. The minimum Gasteiger partial charge on any atom is -0.349 e. The Morgan fingerprint density at radius 3 is 1.61 bits per heavy atom. The van der Waals surface area contributed by atoms with Crippen LogP contribution in [0.3, 0.4) is 0 Å². The van der Waals surface area contributed by atoms with Crippen LogP contribution in [-0.4, -0.2) is 18.5 Å². The van der Waals surface area contributed by atoms with E-state index in [0.29, 0.717) is 12.2 Å². The molecule has 2 nitrogen and oxygen atoms in total. The van der Waals surface area contributed by atoms with Gasteiger partial charge in [0.15, 0.2) is 6.29 Å². The highest BCUT2D eigenvalue weighted by Gasteiger charge is 2.23. The average molecular weight is 253 g/mol. The van der Waals surface area contributed by atoms with Crippen molar-refractivity contribution in [2.24, 2.45) is 0 Å². The SMILES string of the molecule is [CH2]CCC(OC1CCCCC1)OC1CCCCC1. The van der Waals surface area contributed by atoms with Crippen molar-refractivity contribution in [3.63, 3.8) is 0 Å². The summed E-state index contributed by atoms with van der Waals surface area (Å²) in [5.41, 5.74) is 0. The fourth-order valence-electron chi connectivity index (χ4n) is 3.17. The predicted molar refractivity (Wildman–Crippen MR) is 74.3 cm³/mol. The summed E-state index contributed by atoms with van der Waals surface area (Å²) >= 11 is 0. The van der Waals surface area contributed by atoms with Crippen molar-refractivity contribution in [1.29, 1.82) is 0 Å². The van der Waals surface area contributed by atoms with E-state index in [1.54, 1.807) is 0 Å². The third-order valence-corrected chi connectivity index (χ3v) is 4.23. The first-order chi connectivity index (χ1) is 8.88. The van der Waals surface area contributed by atoms with Crippen LogP contribution in [0.4, 0.5) is 0 Å². The molecule has 2 saturated carbocycles. The van der Waals surface area contributed by atoms with Gasteiger partial charge in [-0.15, -0.1) is 0 Å². The molecular formula is C16H29O2. The Labute approximate surface area is 112 Å². The molecule has 0 saturated heterocycles. The Bertz CT molecular complexity index is 185.